The van der Waals surface area contributed by atoms with Crippen molar-refractivity contribution in [2.75, 3.05) is 39.2 Å². The number of halogens is 3. The normalized spacial score (nSPS) is 21.2. The second-order valence-electron chi connectivity index (χ2n) is 8.50. The van der Waals surface area contributed by atoms with Gasteiger partial charge in [0.15, 0.2) is 12.0 Å². The van der Waals surface area contributed by atoms with Gasteiger partial charge in [-0.1, -0.05) is 0 Å². The van der Waals surface area contributed by atoms with Crippen molar-refractivity contribution >= 4 is 34.6 Å². The summed E-state index contributed by atoms with van der Waals surface area (Å²) in [4.78, 5) is 21.0. The third kappa shape index (κ3) is 5.38. The highest BCUT2D eigenvalue weighted by Gasteiger charge is 2.39. The van der Waals surface area contributed by atoms with E-state index in [0.29, 0.717) is 27.9 Å². The second kappa shape index (κ2) is 10.2. The fraction of sp³-hybridized carbons (Fsp3) is 0.478. The number of nitrogens with one attached hydrogen (secondary N) is 4. The summed E-state index contributed by atoms with van der Waals surface area (Å²) >= 11 is 0. The van der Waals surface area contributed by atoms with Crippen LogP contribution in [0.4, 0.5) is 23.7 Å². The number of aromatic amines is 1. The summed E-state index contributed by atoms with van der Waals surface area (Å²) in [6, 6.07) is 3.30. The average molecular weight is 495 g/mol. The summed E-state index contributed by atoms with van der Waals surface area (Å²) in [7, 11) is 3.25. The van der Waals surface area contributed by atoms with Crippen LogP contribution >= 0.6 is 0 Å². The van der Waals surface area contributed by atoms with Gasteiger partial charge in [-0.05, 0) is 45.5 Å². The molecule has 1 saturated heterocycles. The van der Waals surface area contributed by atoms with Crippen molar-refractivity contribution < 1.29 is 27.4 Å². The number of methoxy groups -OCH3 is 1. The molecule has 0 saturated carbocycles. The lowest BCUT2D eigenvalue weighted by Gasteiger charge is -2.34. The molecule has 1 amide bonds. The number of nitrogens with zero attached hydrogens (tertiary/aromatic N) is 2. The van der Waals surface area contributed by atoms with E-state index < -0.39 is 24.1 Å². The first kappa shape index (κ1) is 24.9. The lowest BCUT2D eigenvalue weighted by Crippen LogP contribution is -2.52. The minimum Gasteiger partial charge on any atom is -0.489 e. The number of anilines is 1. The zero-order valence-electron chi connectivity index (χ0n) is 19.8. The van der Waals surface area contributed by atoms with Crippen LogP contribution in [0.2, 0.25) is 0 Å². The number of carbonyl (C=O) groups is 1. The molecule has 12 heteroatoms. The van der Waals surface area contributed by atoms with Gasteiger partial charge in [-0.2, -0.15) is 13.2 Å². The zero-order chi connectivity index (χ0) is 25.2. The molecule has 190 valence electrons. The number of likely N-dealkylation sites (N-methyl/N-ethyl adjacent to an activating group) is 1. The number of hydrogen-bond donors (Lipinski definition) is 4. The quantitative estimate of drug-likeness (QED) is 0.489. The van der Waals surface area contributed by atoms with Crippen molar-refractivity contribution in [2.45, 2.75) is 38.3 Å². The maximum absolute atomic E-state index is 14.0. The number of hydrogen-bond acceptors (Lipinski definition) is 7. The van der Waals surface area contributed by atoms with Crippen LogP contribution in [0, 0.1) is 0 Å². The van der Waals surface area contributed by atoms with Gasteiger partial charge >= 0.3 is 12.3 Å². The lowest BCUT2D eigenvalue weighted by molar-refractivity contribution is -0.0855. The molecule has 2 atom stereocenters. The molecule has 9 nitrogen and oxygen atoms in total. The van der Waals surface area contributed by atoms with Gasteiger partial charge in [-0.3, -0.25) is 15.6 Å². The van der Waals surface area contributed by atoms with Crippen LogP contribution < -0.4 is 20.7 Å². The Kier molecular flexibility index (Phi) is 7.22. The maximum Gasteiger partial charge on any atom is 0.419 e. The maximum atomic E-state index is 14.0. The summed E-state index contributed by atoms with van der Waals surface area (Å²) in [5.41, 5.74) is 0.149. The molecule has 2 aromatic rings. The van der Waals surface area contributed by atoms with E-state index in [1.807, 2.05) is 7.05 Å². The van der Waals surface area contributed by atoms with E-state index in [0.717, 1.165) is 32.1 Å². The van der Waals surface area contributed by atoms with Crippen LogP contribution in [0.5, 0.6) is 5.75 Å². The van der Waals surface area contributed by atoms with E-state index in [1.165, 1.54) is 13.3 Å². The van der Waals surface area contributed by atoms with Crippen molar-refractivity contribution in [1.29, 1.82) is 0 Å². The Morgan fingerprint density at radius 1 is 1.34 bits per heavy atom. The van der Waals surface area contributed by atoms with Crippen molar-refractivity contribution in [1.82, 2.24) is 20.5 Å². The largest absolute Gasteiger partial charge is 0.489 e. The zero-order valence-corrected chi connectivity index (χ0v) is 19.8. The number of fused-ring (bicyclic) bond motifs is 1. The van der Waals surface area contributed by atoms with Crippen molar-refractivity contribution in [3.05, 3.63) is 29.5 Å². The molecule has 0 radical (unpaired) electrons. The van der Waals surface area contributed by atoms with Gasteiger partial charge in [0.1, 0.15) is 0 Å². The van der Waals surface area contributed by atoms with Gasteiger partial charge in [0, 0.05) is 35.9 Å². The Bertz CT molecular complexity index is 1140. The molecule has 1 aromatic heterocycles. The van der Waals surface area contributed by atoms with Crippen LogP contribution in [-0.4, -0.2) is 74.6 Å². The third-order valence-corrected chi connectivity index (χ3v) is 6.02. The number of benzene rings is 1. The monoisotopic (exact) mass is 494 g/mol. The molecule has 3 heterocycles. The molecule has 4 N–H and O–H groups in total. The molecule has 4 rings (SSSR count). The summed E-state index contributed by atoms with van der Waals surface area (Å²) < 4.78 is 52.2. The van der Waals surface area contributed by atoms with Gasteiger partial charge < -0.3 is 24.7 Å². The van der Waals surface area contributed by atoms with Crippen LogP contribution in [0.15, 0.2) is 28.9 Å². The number of likely N-dealkylation sites (tertiary alicyclic amines) is 1. The number of carbonyl (C=O) groups excluding carboxylic acids is 1. The SMILES string of the molecule is CCOc1c(NC(=O)OC)ccc2c(C3=C(C(F)(F)F)C=NC(NC4CCCN(C)C4)N3)c[nH]c12. The Hall–Kier alpha value is -3.25. The fourth-order valence-corrected chi connectivity index (χ4v) is 4.45. The molecule has 1 fully saturated rings. The molecule has 2 aliphatic rings. The van der Waals surface area contributed by atoms with Gasteiger partial charge in [-0.15, -0.1) is 0 Å². The smallest absolute Gasteiger partial charge is 0.419 e. The molecule has 1 aromatic carbocycles. The lowest BCUT2D eigenvalue weighted by atomic mass is 10.0. The van der Waals surface area contributed by atoms with Crippen LogP contribution in [0.3, 0.4) is 0 Å². The van der Waals surface area contributed by atoms with E-state index >= 15 is 0 Å². The van der Waals surface area contributed by atoms with Crippen LogP contribution in [-0.2, 0) is 4.74 Å². The van der Waals surface area contributed by atoms with E-state index in [1.54, 1.807) is 19.1 Å². The van der Waals surface area contributed by atoms with Crippen molar-refractivity contribution in [2.24, 2.45) is 4.99 Å². The number of rotatable bonds is 6. The molecule has 2 aliphatic heterocycles. The van der Waals surface area contributed by atoms with Crippen LogP contribution in [0.25, 0.3) is 16.6 Å². The summed E-state index contributed by atoms with van der Waals surface area (Å²) in [5, 5.41) is 9.34. The number of aliphatic imine (C=N–C) groups is 1. The Morgan fingerprint density at radius 2 is 2.14 bits per heavy atom. The Labute approximate surface area is 200 Å². The predicted molar refractivity (Wildman–Crippen MR) is 128 cm³/mol. The number of amides is 1. The molecule has 0 aliphatic carbocycles. The fourth-order valence-electron chi connectivity index (χ4n) is 4.45. The Balaban J connectivity index is 1.71. The number of aromatic nitrogens is 1. The van der Waals surface area contributed by atoms with Gasteiger partial charge in [0.25, 0.3) is 0 Å². The van der Waals surface area contributed by atoms with Crippen molar-refractivity contribution in [3.63, 3.8) is 0 Å². The minimum atomic E-state index is -4.61. The van der Waals surface area contributed by atoms with Crippen molar-refractivity contribution in [3.8, 4) is 5.75 Å². The first-order chi connectivity index (χ1) is 16.7. The summed E-state index contributed by atoms with van der Waals surface area (Å²) in [6.45, 7) is 3.84. The van der Waals surface area contributed by atoms with Gasteiger partial charge in [0.05, 0.1) is 36.2 Å². The molecular formula is C23H29F3N6O3. The predicted octanol–water partition coefficient (Wildman–Crippen LogP) is 3.66. The molecule has 0 bridgehead atoms. The minimum absolute atomic E-state index is 0.0865. The molecular weight excluding hydrogens is 465 g/mol. The molecule has 2 unspecified atom stereocenters. The van der Waals surface area contributed by atoms with Gasteiger partial charge in [-0.25, -0.2) is 4.79 Å². The number of H-pyrrole nitrogens is 1. The average Bonchev–Trinajstić information content (AvgIpc) is 3.24. The van der Waals surface area contributed by atoms with Crippen LogP contribution in [0.1, 0.15) is 25.3 Å². The highest BCUT2D eigenvalue weighted by molar-refractivity contribution is 6.04. The first-order valence-electron chi connectivity index (χ1n) is 11.4. The number of ether oxygens (including phenoxy) is 2. The summed E-state index contributed by atoms with van der Waals surface area (Å²) in [6.07, 6.45) is -1.70. The summed E-state index contributed by atoms with van der Waals surface area (Å²) in [5.74, 6) is 0.306. The molecule has 35 heavy (non-hydrogen) atoms. The van der Waals surface area contributed by atoms with E-state index in [9.17, 15) is 18.0 Å². The second-order valence-corrected chi connectivity index (χ2v) is 8.50. The number of alkyl halides is 3. The highest BCUT2D eigenvalue weighted by atomic mass is 19.4. The molecule has 0 spiro atoms. The van der Waals surface area contributed by atoms with E-state index in [-0.39, 0.29) is 18.3 Å². The van der Waals surface area contributed by atoms with E-state index in [2.05, 4.69) is 35.6 Å². The Morgan fingerprint density at radius 3 is 2.83 bits per heavy atom. The first-order valence-corrected chi connectivity index (χ1v) is 11.4. The number of piperidine rings is 1. The van der Waals surface area contributed by atoms with Gasteiger partial charge in [0.2, 0.25) is 0 Å². The van der Waals surface area contributed by atoms with E-state index in [4.69, 9.17) is 4.74 Å². The topological polar surface area (TPSA) is 103 Å². The number of allylic oxidation sites excluding steroid dienone is 1. The standard InChI is InChI=1S/C23H29F3N6O3/c1-4-35-20-17(30-22(33)34-3)8-7-14-15(10-27-19(14)20)18-16(23(24,25)26)11-28-21(31-18)29-13-6-5-9-32(2)12-13/h7-8,10-11,13,21,27,29,31H,4-6,9,12H2,1-3H3,(H,30,33). The highest BCUT2D eigenvalue weighted by Crippen LogP contribution is 2.39. The third-order valence-electron chi connectivity index (χ3n) is 6.02.